The van der Waals surface area contributed by atoms with Crippen LogP contribution in [0.15, 0.2) is 54.6 Å². The number of para-hydroxylation sites is 1. The minimum absolute atomic E-state index is 0.0219. The Hall–Kier alpha value is -1.65. The summed E-state index contributed by atoms with van der Waals surface area (Å²) in [7, 11) is 0. The molecule has 0 saturated carbocycles. The van der Waals surface area contributed by atoms with E-state index in [4.69, 9.17) is 16.3 Å². The van der Waals surface area contributed by atoms with Gasteiger partial charge < -0.3 is 10.1 Å². The number of thioether (sulfide) groups is 1. The van der Waals surface area contributed by atoms with Crippen molar-refractivity contribution in [2.24, 2.45) is 0 Å². The van der Waals surface area contributed by atoms with Crippen LogP contribution in [0.1, 0.15) is 12.5 Å². The minimum Gasteiger partial charge on any atom is -0.490 e. The smallest absolute Gasteiger partial charge is 0.232 e. The zero-order valence-corrected chi connectivity index (χ0v) is 14.6. The molecule has 0 aliphatic heterocycles. The Labute approximate surface area is 146 Å². The predicted octanol–water partition coefficient (Wildman–Crippen LogP) is 4.16. The van der Waals surface area contributed by atoms with Gasteiger partial charge in [0, 0.05) is 5.75 Å². The van der Waals surface area contributed by atoms with Crippen molar-refractivity contribution in [1.82, 2.24) is 5.32 Å². The van der Waals surface area contributed by atoms with Crippen molar-refractivity contribution in [2.75, 3.05) is 13.2 Å². The first kappa shape index (κ1) is 17.7. The summed E-state index contributed by atoms with van der Waals surface area (Å²) in [4.78, 5) is 12.0. The summed E-state index contributed by atoms with van der Waals surface area (Å²) >= 11 is 7.62. The zero-order chi connectivity index (χ0) is 16.5. The van der Waals surface area contributed by atoms with Gasteiger partial charge in [-0.25, -0.2) is 0 Å². The van der Waals surface area contributed by atoms with E-state index < -0.39 is 0 Å². The molecule has 2 rings (SSSR count). The largest absolute Gasteiger partial charge is 0.490 e. The van der Waals surface area contributed by atoms with Gasteiger partial charge in [0.1, 0.15) is 12.4 Å². The standard InChI is InChI=1S/C18H20ClNO2S/c1-14(23-13-15-7-3-2-4-8-15)18(21)20-11-12-22-17-10-6-5-9-16(17)19/h2-10,14H,11-13H2,1H3,(H,20,21). The maximum absolute atomic E-state index is 12.0. The van der Waals surface area contributed by atoms with E-state index in [9.17, 15) is 4.79 Å². The number of benzene rings is 2. The topological polar surface area (TPSA) is 38.3 Å². The van der Waals surface area contributed by atoms with E-state index in [2.05, 4.69) is 17.4 Å². The van der Waals surface area contributed by atoms with Crippen LogP contribution in [-0.4, -0.2) is 24.3 Å². The first-order valence-corrected chi connectivity index (χ1v) is 8.90. The number of carbonyl (C=O) groups excluding carboxylic acids is 1. The highest BCUT2D eigenvalue weighted by Crippen LogP contribution is 2.22. The van der Waals surface area contributed by atoms with Crippen molar-refractivity contribution < 1.29 is 9.53 Å². The lowest BCUT2D eigenvalue weighted by Crippen LogP contribution is -2.34. The molecule has 0 fully saturated rings. The second kappa shape index (κ2) is 9.48. The summed E-state index contributed by atoms with van der Waals surface area (Å²) in [6, 6.07) is 17.4. The summed E-state index contributed by atoms with van der Waals surface area (Å²) in [6.07, 6.45) is 0. The Kier molecular flexibility index (Phi) is 7.30. The average molecular weight is 350 g/mol. The molecule has 0 heterocycles. The van der Waals surface area contributed by atoms with Crippen LogP contribution in [0.3, 0.4) is 0 Å². The fourth-order valence-electron chi connectivity index (χ4n) is 1.91. The Morgan fingerprint density at radius 3 is 2.61 bits per heavy atom. The molecule has 1 atom stereocenters. The van der Waals surface area contributed by atoms with E-state index in [-0.39, 0.29) is 11.2 Å². The lowest BCUT2D eigenvalue weighted by molar-refractivity contribution is -0.120. The van der Waals surface area contributed by atoms with Crippen molar-refractivity contribution in [1.29, 1.82) is 0 Å². The zero-order valence-electron chi connectivity index (χ0n) is 13.0. The summed E-state index contributed by atoms with van der Waals surface area (Å²) in [6.45, 7) is 2.77. The molecular formula is C18H20ClNO2S. The second-order valence-corrected chi connectivity index (χ2v) is 6.75. The molecule has 0 aromatic heterocycles. The molecule has 0 spiro atoms. The molecule has 1 amide bonds. The van der Waals surface area contributed by atoms with Gasteiger partial charge in [-0.2, -0.15) is 0 Å². The summed E-state index contributed by atoms with van der Waals surface area (Å²) < 4.78 is 5.54. The van der Waals surface area contributed by atoms with Crippen molar-refractivity contribution >= 4 is 29.3 Å². The van der Waals surface area contributed by atoms with Gasteiger partial charge in [-0.15, -0.1) is 11.8 Å². The van der Waals surface area contributed by atoms with Crippen molar-refractivity contribution in [3.8, 4) is 5.75 Å². The molecule has 1 N–H and O–H groups in total. The molecule has 23 heavy (non-hydrogen) atoms. The van der Waals surface area contributed by atoms with E-state index in [0.717, 1.165) is 5.75 Å². The highest BCUT2D eigenvalue weighted by molar-refractivity contribution is 7.99. The quantitative estimate of drug-likeness (QED) is 0.727. The molecule has 0 bridgehead atoms. The van der Waals surface area contributed by atoms with Gasteiger partial charge in [0.05, 0.1) is 16.8 Å². The van der Waals surface area contributed by atoms with E-state index in [0.29, 0.717) is 23.9 Å². The molecule has 122 valence electrons. The predicted molar refractivity (Wildman–Crippen MR) is 97.2 cm³/mol. The third kappa shape index (κ3) is 6.16. The summed E-state index contributed by atoms with van der Waals surface area (Å²) in [5, 5.41) is 3.35. The number of hydrogen-bond acceptors (Lipinski definition) is 3. The van der Waals surface area contributed by atoms with Crippen LogP contribution in [0.4, 0.5) is 0 Å². The Morgan fingerprint density at radius 1 is 1.17 bits per heavy atom. The van der Waals surface area contributed by atoms with Crippen LogP contribution < -0.4 is 10.1 Å². The number of carbonyl (C=O) groups is 1. The Morgan fingerprint density at radius 2 is 1.87 bits per heavy atom. The molecule has 0 aliphatic rings. The third-order valence-corrected chi connectivity index (χ3v) is 4.73. The van der Waals surface area contributed by atoms with Crippen LogP contribution in [-0.2, 0) is 10.5 Å². The molecular weight excluding hydrogens is 330 g/mol. The number of amides is 1. The minimum atomic E-state index is -0.101. The van der Waals surface area contributed by atoms with Gasteiger partial charge in [0.15, 0.2) is 0 Å². The fourth-order valence-corrected chi connectivity index (χ4v) is 2.97. The summed E-state index contributed by atoms with van der Waals surface area (Å²) in [5.74, 6) is 1.48. The highest BCUT2D eigenvalue weighted by atomic mass is 35.5. The lowest BCUT2D eigenvalue weighted by atomic mass is 10.2. The molecule has 2 aromatic rings. The molecule has 0 aliphatic carbocycles. The Bertz CT molecular complexity index is 621. The monoisotopic (exact) mass is 349 g/mol. The molecule has 0 radical (unpaired) electrons. The SMILES string of the molecule is CC(SCc1ccccc1)C(=O)NCCOc1ccccc1Cl. The number of hydrogen-bond donors (Lipinski definition) is 1. The first-order chi connectivity index (χ1) is 11.2. The molecule has 0 saturated heterocycles. The summed E-state index contributed by atoms with van der Waals surface area (Å²) in [5.41, 5.74) is 1.22. The number of halogens is 1. The van der Waals surface area contributed by atoms with E-state index in [1.54, 1.807) is 17.8 Å². The van der Waals surface area contributed by atoms with Crippen LogP contribution in [0.5, 0.6) is 5.75 Å². The third-order valence-electron chi connectivity index (χ3n) is 3.21. The van der Waals surface area contributed by atoms with Gasteiger partial charge in [0.25, 0.3) is 0 Å². The van der Waals surface area contributed by atoms with Crippen molar-refractivity contribution in [3.05, 3.63) is 65.2 Å². The maximum atomic E-state index is 12.0. The van der Waals surface area contributed by atoms with Gasteiger partial charge in [0.2, 0.25) is 5.91 Å². The normalized spacial score (nSPS) is 11.7. The molecule has 3 nitrogen and oxygen atoms in total. The van der Waals surface area contributed by atoms with Gasteiger partial charge in [-0.05, 0) is 24.6 Å². The van der Waals surface area contributed by atoms with Gasteiger partial charge >= 0.3 is 0 Å². The van der Waals surface area contributed by atoms with Crippen molar-refractivity contribution in [3.63, 3.8) is 0 Å². The van der Waals surface area contributed by atoms with Crippen LogP contribution >= 0.6 is 23.4 Å². The highest BCUT2D eigenvalue weighted by Gasteiger charge is 2.12. The number of ether oxygens (including phenoxy) is 1. The first-order valence-electron chi connectivity index (χ1n) is 7.47. The molecule has 5 heteroatoms. The average Bonchev–Trinajstić information content (AvgIpc) is 2.58. The lowest BCUT2D eigenvalue weighted by Gasteiger charge is -2.13. The van der Waals surface area contributed by atoms with Gasteiger partial charge in [-0.3, -0.25) is 4.79 Å². The van der Waals surface area contributed by atoms with Crippen LogP contribution in [0, 0.1) is 0 Å². The van der Waals surface area contributed by atoms with Gasteiger partial charge in [-0.1, -0.05) is 54.1 Å². The van der Waals surface area contributed by atoms with E-state index in [1.807, 2.05) is 43.3 Å². The molecule has 1 unspecified atom stereocenters. The van der Waals surface area contributed by atoms with Crippen LogP contribution in [0.2, 0.25) is 5.02 Å². The van der Waals surface area contributed by atoms with Crippen LogP contribution in [0.25, 0.3) is 0 Å². The second-order valence-electron chi connectivity index (χ2n) is 5.01. The maximum Gasteiger partial charge on any atom is 0.232 e. The Balaban J connectivity index is 1.65. The van der Waals surface area contributed by atoms with Crippen molar-refractivity contribution in [2.45, 2.75) is 17.9 Å². The number of nitrogens with one attached hydrogen (secondary N) is 1. The van der Waals surface area contributed by atoms with E-state index in [1.165, 1.54) is 5.56 Å². The number of rotatable bonds is 8. The van der Waals surface area contributed by atoms with E-state index >= 15 is 0 Å². The molecule has 2 aromatic carbocycles. The fraction of sp³-hybridized carbons (Fsp3) is 0.278.